The number of anilines is 2. The minimum absolute atomic E-state index is 0.0695. The zero-order valence-electron chi connectivity index (χ0n) is 14.5. The van der Waals surface area contributed by atoms with Crippen LogP contribution in [-0.2, 0) is 13.0 Å². The lowest BCUT2D eigenvalue weighted by molar-refractivity contribution is 0.0999. The number of amides is 1. The monoisotopic (exact) mass is 365 g/mol. The summed E-state index contributed by atoms with van der Waals surface area (Å²) in [5.74, 6) is -1.20. The van der Waals surface area contributed by atoms with Gasteiger partial charge in [-0.1, -0.05) is 31.5 Å². The van der Waals surface area contributed by atoms with E-state index in [0.29, 0.717) is 18.7 Å². The molecule has 0 unspecified atom stereocenters. The van der Waals surface area contributed by atoms with Gasteiger partial charge in [0.2, 0.25) is 0 Å². The maximum Gasteiger partial charge on any atom is 0.271 e. The predicted octanol–water partition coefficient (Wildman–Crippen LogP) is 3.76. The molecule has 3 N–H and O–H groups in total. The van der Waals surface area contributed by atoms with Gasteiger partial charge in [-0.3, -0.25) is 9.59 Å². The number of hydrogen-bond acceptors (Lipinski definition) is 3. The lowest BCUT2D eigenvalue weighted by Gasteiger charge is -2.17. The Kier molecular flexibility index (Phi) is 5.85. The quantitative estimate of drug-likeness (QED) is 0.869. The Hall–Kier alpha value is -2.34. The average molecular weight is 366 g/mol. The molecule has 2 aromatic rings. The van der Waals surface area contributed by atoms with E-state index in [4.69, 9.17) is 17.3 Å². The number of nitrogens with two attached hydrogens (primary N) is 1. The summed E-state index contributed by atoms with van der Waals surface area (Å²) in [5, 5.41) is 2.60. The lowest BCUT2D eigenvalue weighted by Crippen LogP contribution is -2.27. The molecule has 1 aliphatic heterocycles. The van der Waals surface area contributed by atoms with Gasteiger partial charge < -0.3 is 15.6 Å². The van der Waals surface area contributed by atoms with Crippen molar-refractivity contribution >= 4 is 28.9 Å². The first-order valence-corrected chi connectivity index (χ1v) is 8.56. The van der Waals surface area contributed by atoms with Crippen LogP contribution >= 0.6 is 11.6 Å². The SMILES string of the molecule is CC.Cc1ccc(Nc2c(C(N)=O)c3n(c(=O)c2Cl)CCC3)c(F)c1. The first kappa shape index (κ1) is 19.0. The van der Waals surface area contributed by atoms with Crippen molar-refractivity contribution in [2.75, 3.05) is 5.32 Å². The van der Waals surface area contributed by atoms with Crippen LogP contribution in [-0.4, -0.2) is 10.5 Å². The number of aromatic nitrogens is 1. The molecule has 0 fully saturated rings. The van der Waals surface area contributed by atoms with Crippen molar-refractivity contribution in [3.8, 4) is 0 Å². The Labute approximate surface area is 150 Å². The number of nitrogens with one attached hydrogen (secondary N) is 1. The standard InChI is InChI=1S/C16H15ClFN3O2.C2H6/c1-8-4-5-10(9(18)7-8)20-14-12(15(19)22)11-3-2-6-21(11)16(23)13(14)17;1-2/h4-5,7,20H,2-3,6H2,1H3,(H2,19,22);1-2H3. The Morgan fingerprint density at radius 1 is 1.36 bits per heavy atom. The number of nitrogens with zero attached hydrogens (tertiary/aromatic N) is 1. The fourth-order valence-electron chi connectivity index (χ4n) is 2.88. The lowest BCUT2D eigenvalue weighted by atomic mass is 10.1. The van der Waals surface area contributed by atoms with Gasteiger partial charge in [0.15, 0.2) is 0 Å². The van der Waals surface area contributed by atoms with Gasteiger partial charge in [0.05, 0.1) is 16.9 Å². The van der Waals surface area contributed by atoms with Gasteiger partial charge in [-0.15, -0.1) is 0 Å². The summed E-state index contributed by atoms with van der Waals surface area (Å²) in [6.07, 6.45) is 1.28. The topological polar surface area (TPSA) is 77.1 Å². The van der Waals surface area contributed by atoms with E-state index in [9.17, 15) is 14.0 Å². The molecular formula is C18H21ClFN3O2. The molecule has 0 bridgehead atoms. The van der Waals surface area contributed by atoms with Crippen molar-refractivity contribution in [3.63, 3.8) is 0 Å². The van der Waals surface area contributed by atoms with Gasteiger partial charge in [-0.25, -0.2) is 4.39 Å². The molecule has 1 amide bonds. The Balaban J connectivity index is 0.00000109. The second kappa shape index (κ2) is 7.70. The van der Waals surface area contributed by atoms with Crippen molar-refractivity contribution in [2.45, 2.75) is 40.2 Å². The summed E-state index contributed by atoms with van der Waals surface area (Å²) < 4.78 is 15.5. The molecule has 1 aromatic carbocycles. The summed E-state index contributed by atoms with van der Waals surface area (Å²) in [6, 6.07) is 4.58. The number of hydrogen-bond donors (Lipinski definition) is 2. The molecule has 1 aliphatic rings. The summed E-state index contributed by atoms with van der Waals surface area (Å²) >= 11 is 6.13. The van der Waals surface area contributed by atoms with Crippen molar-refractivity contribution in [3.05, 3.63) is 56.2 Å². The summed E-state index contributed by atoms with van der Waals surface area (Å²) in [7, 11) is 0. The van der Waals surface area contributed by atoms with Gasteiger partial charge in [-0.05, 0) is 37.5 Å². The minimum atomic E-state index is -0.701. The fourth-order valence-corrected chi connectivity index (χ4v) is 3.12. The van der Waals surface area contributed by atoms with Crippen LogP contribution in [0.2, 0.25) is 5.02 Å². The zero-order valence-corrected chi connectivity index (χ0v) is 15.2. The van der Waals surface area contributed by atoms with Crippen LogP contribution in [0.3, 0.4) is 0 Å². The molecule has 2 heterocycles. The maximum absolute atomic E-state index is 14.1. The number of pyridine rings is 1. The highest BCUT2D eigenvalue weighted by Gasteiger charge is 2.27. The van der Waals surface area contributed by atoms with Gasteiger partial charge in [0, 0.05) is 12.2 Å². The highest BCUT2D eigenvalue weighted by atomic mass is 35.5. The molecule has 0 saturated carbocycles. The average Bonchev–Trinajstić information content (AvgIpc) is 3.05. The van der Waals surface area contributed by atoms with Crippen LogP contribution < -0.4 is 16.6 Å². The van der Waals surface area contributed by atoms with Gasteiger partial charge >= 0.3 is 0 Å². The molecule has 7 heteroatoms. The van der Waals surface area contributed by atoms with Crippen molar-refractivity contribution in [1.29, 1.82) is 0 Å². The maximum atomic E-state index is 14.1. The molecule has 0 atom stereocenters. The largest absolute Gasteiger partial charge is 0.365 e. The highest BCUT2D eigenvalue weighted by molar-refractivity contribution is 6.34. The van der Waals surface area contributed by atoms with E-state index < -0.39 is 17.3 Å². The van der Waals surface area contributed by atoms with E-state index in [1.807, 2.05) is 13.8 Å². The molecule has 0 radical (unpaired) electrons. The normalized spacial score (nSPS) is 12.2. The Morgan fingerprint density at radius 2 is 2.04 bits per heavy atom. The number of primary amides is 1. The number of aryl methyl sites for hydroxylation is 1. The number of benzene rings is 1. The number of rotatable bonds is 3. The smallest absolute Gasteiger partial charge is 0.271 e. The van der Waals surface area contributed by atoms with Crippen LogP contribution in [0.4, 0.5) is 15.8 Å². The van der Waals surface area contributed by atoms with Crippen molar-refractivity contribution in [2.24, 2.45) is 5.73 Å². The summed E-state index contributed by atoms with van der Waals surface area (Å²) in [6.45, 7) is 6.25. The second-order valence-electron chi connectivity index (χ2n) is 5.54. The van der Waals surface area contributed by atoms with Crippen LogP contribution in [0, 0.1) is 12.7 Å². The molecular weight excluding hydrogens is 345 g/mol. The van der Waals surface area contributed by atoms with E-state index in [0.717, 1.165) is 12.0 Å². The number of fused-ring (bicyclic) bond motifs is 1. The van der Waals surface area contributed by atoms with E-state index in [1.165, 1.54) is 16.7 Å². The molecule has 0 aliphatic carbocycles. The Bertz CT molecular complexity index is 878. The third-order valence-corrected chi connectivity index (χ3v) is 4.29. The first-order valence-electron chi connectivity index (χ1n) is 8.18. The molecule has 0 spiro atoms. The van der Waals surface area contributed by atoms with Crippen LogP contribution in [0.1, 0.15) is 41.9 Å². The van der Waals surface area contributed by atoms with Crippen LogP contribution in [0.25, 0.3) is 0 Å². The fraction of sp³-hybridized carbons (Fsp3) is 0.333. The number of carbonyl (C=O) groups excluding carboxylic acids is 1. The van der Waals surface area contributed by atoms with Crippen LogP contribution in [0.15, 0.2) is 23.0 Å². The predicted molar refractivity (Wildman–Crippen MR) is 98.3 cm³/mol. The third kappa shape index (κ3) is 3.54. The third-order valence-electron chi connectivity index (χ3n) is 3.94. The summed E-state index contributed by atoms with van der Waals surface area (Å²) in [5.41, 5.74) is 6.71. The second-order valence-corrected chi connectivity index (χ2v) is 5.92. The van der Waals surface area contributed by atoms with Crippen molar-refractivity contribution < 1.29 is 9.18 Å². The first-order chi connectivity index (χ1) is 11.9. The van der Waals surface area contributed by atoms with E-state index >= 15 is 0 Å². The molecule has 25 heavy (non-hydrogen) atoms. The van der Waals surface area contributed by atoms with E-state index in [2.05, 4.69) is 5.32 Å². The molecule has 3 rings (SSSR count). The van der Waals surface area contributed by atoms with Gasteiger partial charge in [0.25, 0.3) is 11.5 Å². The zero-order chi connectivity index (χ0) is 18.7. The van der Waals surface area contributed by atoms with Gasteiger partial charge in [-0.2, -0.15) is 0 Å². The molecule has 134 valence electrons. The van der Waals surface area contributed by atoms with Crippen molar-refractivity contribution in [1.82, 2.24) is 4.57 Å². The summed E-state index contributed by atoms with van der Waals surface area (Å²) in [4.78, 5) is 24.2. The van der Waals surface area contributed by atoms with Gasteiger partial charge in [0.1, 0.15) is 10.8 Å². The Morgan fingerprint density at radius 3 is 2.64 bits per heavy atom. The number of carbonyl (C=O) groups is 1. The highest BCUT2D eigenvalue weighted by Crippen LogP contribution is 2.32. The van der Waals surface area contributed by atoms with E-state index in [1.54, 1.807) is 13.0 Å². The minimum Gasteiger partial charge on any atom is -0.365 e. The number of halogens is 2. The van der Waals surface area contributed by atoms with Crippen LogP contribution in [0.5, 0.6) is 0 Å². The van der Waals surface area contributed by atoms with E-state index in [-0.39, 0.29) is 22.0 Å². The molecule has 1 aromatic heterocycles. The molecule has 0 saturated heterocycles. The molecule has 5 nitrogen and oxygen atoms in total.